The zero-order chi connectivity index (χ0) is 12.4. The van der Waals surface area contributed by atoms with Crippen LogP contribution in [0.4, 0.5) is 0 Å². The molecule has 0 radical (unpaired) electrons. The van der Waals surface area contributed by atoms with Gasteiger partial charge in [0.15, 0.2) is 0 Å². The van der Waals surface area contributed by atoms with Gasteiger partial charge in [0.1, 0.15) is 5.03 Å². The summed E-state index contributed by atoms with van der Waals surface area (Å²) in [5, 5.41) is 1.09. The molecule has 0 fully saturated rings. The van der Waals surface area contributed by atoms with Crippen molar-refractivity contribution in [1.82, 2.24) is 9.97 Å². The number of halogens is 2. The Morgan fingerprint density at radius 1 is 1.24 bits per heavy atom. The summed E-state index contributed by atoms with van der Waals surface area (Å²) in [5.41, 5.74) is 2.56. The quantitative estimate of drug-likeness (QED) is 0.592. The first kappa shape index (κ1) is 12.9. The van der Waals surface area contributed by atoms with Crippen LogP contribution in [0.25, 0.3) is 0 Å². The minimum Gasteiger partial charge on any atom is -0.225 e. The van der Waals surface area contributed by atoms with E-state index in [4.69, 9.17) is 11.6 Å². The molecule has 2 nitrogen and oxygen atoms in total. The number of aryl methyl sites for hydroxylation is 2. The molecule has 0 aliphatic carbocycles. The average molecular weight is 330 g/mol. The van der Waals surface area contributed by atoms with E-state index in [1.54, 1.807) is 18.0 Å². The highest BCUT2D eigenvalue weighted by Gasteiger charge is 2.06. The molecule has 5 heteroatoms. The highest BCUT2D eigenvalue weighted by Crippen LogP contribution is 2.32. The maximum absolute atomic E-state index is 5.78. The number of rotatable bonds is 2. The van der Waals surface area contributed by atoms with Gasteiger partial charge < -0.3 is 0 Å². The van der Waals surface area contributed by atoms with Crippen molar-refractivity contribution in [2.45, 2.75) is 23.8 Å². The number of hydrogen-bond acceptors (Lipinski definition) is 3. The molecule has 1 aromatic heterocycles. The monoisotopic (exact) mass is 328 g/mol. The van der Waals surface area contributed by atoms with Crippen molar-refractivity contribution in [1.29, 1.82) is 0 Å². The Hall–Kier alpha value is -0.580. The SMILES string of the molecule is Cc1ccc(Sc2nc(Cl)ncc2Br)cc1C. The van der Waals surface area contributed by atoms with E-state index in [-0.39, 0.29) is 5.28 Å². The standard InChI is InChI=1S/C12H10BrClN2S/c1-7-3-4-9(5-8(7)2)17-11-10(13)6-15-12(14)16-11/h3-6H,1-2H3. The van der Waals surface area contributed by atoms with Gasteiger partial charge in [-0.3, -0.25) is 0 Å². The van der Waals surface area contributed by atoms with Gasteiger partial charge in [-0.2, -0.15) is 0 Å². The number of benzene rings is 1. The molecule has 2 aromatic rings. The van der Waals surface area contributed by atoms with Crippen molar-refractivity contribution in [3.63, 3.8) is 0 Å². The molecular weight excluding hydrogens is 320 g/mol. The van der Waals surface area contributed by atoms with E-state index in [0.717, 1.165) is 14.4 Å². The molecule has 0 bridgehead atoms. The van der Waals surface area contributed by atoms with Crippen molar-refractivity contribution in [3.05, 3.63) is 45.3 Å². The largest absolute Gasteiger partial charge is 0.225 e. The third-order valence-electron chi connectivity index (χ3n) is 2.38. The van der Waals surface area contributed by atoms with Gasteiger partial charge in [0.2, 0.25) is 5.28 Å². The molecule has 0 amide bonds. The van der Waals surface area contributed by atoms with E-state index in [1.807, 2.05) is 0 Å². The van der Waals surface area contributed by atoms with Crippen LogP contribution >= 0.6 is 39.3 Å². The van der Waals surface area contributed by atoms with Crippen LogP contribution in [0.15, 0.2) is 38.8 Å². The van der Waals surface area contributed by atoms with Gasteiger partial charge in [0.25, 0.3) is 0 Å². The number of hydrogen-bond donors (Lipinski definition) is 0. The molecule has 88 valence electrons. The lowest BCUT2D eigenvalue weighted by Gasteiger charge is -2.06. The second-order valence-corrected chi connectivity index (χ2v) is 5.89. The summed E-state index contributed by atoms with van der Waals surface area (Å²) in [6, 6.07) is 6.33. The van der Waals surface area contributed by atoms with E-state index in [9.17, 15) is 0 Å². The van der Waals surface area contributed by atoms with Crippen molar-refractivity contribution >= 4 is 39.3 Å². The molecule has 0 unspecified atom stereocenters. The second kappa shape index (κ2) is 5.38. The van der Waals surface area contributed by atoms with Gasteiger partial charge >= 0.3 is 0 Å². The van der Waals surface area contributed by atoms with E-state index < -0.39 is 0 Å². The molecule has 2 rings (SSSR count). The van der Waals surface area contributed by atoms with Crippen LogP contribution in [0.1, 0.15) is 11.1 Å². The molecule has 0 atom stereocenters. The predicted molar refractivity (Wildman–Crippen MR) is 74.8 cm³/mol. The average Bonchev–Trinajstić information content (AvgIpc) is 2.29. The third-order valence-corrected chi connectivity index (χ3v) is 4.39. The maximum Gasteiger partial charge on any atom is 0.223 e. The van der Waals surface area contributed by atoms with Crippen LogP contribution < -0.4 is 0 Å². The van der Waals surface area contributed by atoms with Crippen molar-refractivity contribution in [2.24, 2.45) is 0 Å². The maximum atomic E-state index is 5.78. The van der Waals surface area contributed by atoms with Gasteiger partial charge in [-0.25, -0.2) is 9.97 Å². The van der Waals surface area contributed by atoms with E-state index >= 15 is 0 Å². The molecule has 0 aliphatic heterocycles. The Morgan fingerprint density at radius 2 is 2.00 bits per heavy atom. The van der Waals surface area contributed by atoms with Gasteiger partial charge in [0, 0.05) is 11.1 Å². The third kappa shape index (κ3) is 3.21. The Balaban J connectivity index is 2.31. The van der Waals surface area contributed by atoms with Crippen LogP contribution in [0.3, 0.4) is 0 Å². The Kier molecular flexibility index (Phi) is 4.07. The lowest BCUT2D eigenvalue weighted by atomic mass is 10.1. The lowest BCUT2D eigenvalue weighted by Crippen LogP contribution is -1.87. The lowest BCUT2D eigenvalue weighted by molar-refractivity contribution is 1.03. The summed E-state index contributed by atoms with van der Waals surface area (Å²) < 4.78 is 0.852. The van der Waals surface area contributed by atoms with Crippen LogP contribution in [-0.4, -0.2) is 9.97 Å². The van der Waals surface area contributed by atoms with Gasteiger partial charge in [-0.05, 0) is 64.6 Å². The van der Waals surface area contributed by atoms with Gasteiger partial charge in [-0.15, -0.1) is 0 Å². The number of aromatic nitrogens is 2. The van der Waals surface area contributed by atoms with Crippen molar-refractivity contribution in [2.75, 3.05) is 0 Å². The predicted octanol–water partition coefficient (Wildman–Crippen LogP) is 4.66. The zero-order valence-corrected chi connectivity index (χ0v) is 12.5. The molecule has 0 saturated heterocycles. The molecular formula is C12H10BrClN2S. The molecule has 0 aliphatic rings. The van der Waals surface area contributed by atoms with E-state index in [1.165, 1.54) is 11.1 Å². The van der Waals surface area contributed by atoms with Gasteiger partial charge in [-0.1, -0.05) is 17.8 Å². The molecule has 0 N–H and O–H groups in total. The van der Waals surface area contributed by atoms with Crippen LogP contribution in [0.2, 0.25) is 5.28 Å². The van der Waals surface area contributed by atoms with E-state index in [0.29, 0.717) is 0 Å². The zero-order valence-electron chi connectivity index (χ0n) is 9.37. The Morgan fingerprint density at radius 3 is 2.71 bits per heavy atom. The summed E-state index contributed by atoms with van der Waals surface area (Å²) in [7, 11) is 0. The van der Waals surface area contributed by atoms with Gasteiger partial charge in [0.05, 0.1) is 4.47 Å². The fraction of sp³-hybridized carbons (Fsp3) is 0.167. The smallest absolute Gasteiger partial charge is 0.223 e. The fourth-order valence-corrected chi connectivity index (χ4v) is 2.79. The first-order valence-electron chi connectivity index (χ1n) is 4.99. The number of nitrogens with zero attached hydrogens (tertiary/aromatic N) is 2. The van der Waals surface area contributed by atoms with Crippen molar-refractivity contribution < 1.29 is 0 Å². The second-order valence-electron chi connectivity index (χ2n) is 3.64. The van der Waals surface area contributed by atoms with Crippen LogP contribution in [0, 0.1) is 13.8 Å². The Bertz CT molecular complexity index is 560. The minimum atomic E-state index is 0.263. The topological polar surface area (TPSA) is 25.8 Å². The van der Waals surface area contributed by atoms with Crippen LogP contribution in [0.5, 0.6) is 0 Å². The Labute approximate surface area is 118 Å². The molecule has 0 spiro atoms. The summed E-state index contributed by atoms with van der Waals surface area (Å²) in [5.74, 6) is 0. The first-order chi connectivity index (χ1) is 8.06. The minimum absolute atomic E-state index is 0.263. The molecule has 17 heavy (non-hydrogen) atoms. The van der Waals surface area contributed by atoms with Crippen LogP contribution in [-0.2, 0) is 0 Å². The summed E-state index contributed by atoms with van der Waals surface area (Å²) in [6.07, 6.45) is 1.67. The van der Waals surface area contributed by atoms with Crippen molar-refractivity contribution in [3.8, 4) is 0 Å². The summed E-state index contributed by atoms with van der Waals surface area (Å²) in [6.45, 7) is 4.20. The summed E-state index contributed by atoms with van der Waals surface area (Å²) >= 11 is 10.8. The van der Waals surface area contributed by atoms with E-state index in [2.05, 4.69) is 57.9 Å². The highest BCUT2D eigenvalue weighted by molar-refractivity contribution is 9.10. The highest BCUT2D eigenvalue weighted by atomic mass is 79.9. The molecule has 0 saturated carbocycles. The normalized spacial score (nSPS) is 10.6. The summed E-state index contributed by atoms with van der Waals surface area (Å²) in [4.78, 5) is 9.24. The molecule has 1 aromatic carbocycles. The first-order valence-corrected chi connectivity index (χ1v) is 6.98. The molecule has 1 heterocycles. The fourth-order valence-electron chi connectivity index (χ4n) is 1.29.